The monoisotopic (exact) mass is 427 g/mol. The first-order chi connectivity index (χ1) is 14.7. The Morgan fingerprint density at radius 2 is 1.80 bits per heavy atom. The fourth-order valence-electron chi connectivity index (χ4n) is 4.00. The minimum atomic E-state index is 0.279. The average molecular weight is 428 g/mol. The van der Waals surface area contributed by atoms with Crippen LogP contribution in [0.5, 0.6) is 17.2 Å². The second-order valence-corrected chi connectivity index (χ2v) is 8.05. The third-order valence-corrected chi connectivity index (χ3v) is 5.97. The van der Waals surface area contributed by atoms with Crippen molar-refractivity contribution in [3.63, 3.8) is 0 Å². The highest BCUT2D eigenvalue weighted by atomic mass is 32.1. The summed E-state index contributed by atoms with van der Waals surface area (Å²) >= 11 is 5.55. The van der Waals surface area contributed by atoms with Crippen LogP contribution < -0.4 is 24.8 Å². The van der Waals surface area contributed by atoms with Gasteiger partial charge >= 0.3 is 0 Å². The van der Waals surface area contributed by atoms with Crippen LogP contribution in [0.2, 0.25) is 0 Å². The maximum atomic E-state index is 5.55. The van der Waals surface area contributed by atoms with Crippen LogP contribution in [0, 0.1) is 0 Å². The molecule has 7 heteroatoms. The maximum absolute atomic E-state index is 5.55. The zero-order valence-electron chi connectivity index (χ0n) is 17.4. The van der Waals surface area contributed by atoms with E-state index in [0.717, 1.165) is 42.4 Å². The molecule has 30 heavy (non-hydrogen) atoms. The molecule has 2 aliphatic rings. The fourth-order valence-corrected chi connectivity index (χ4v) is 4.15. The zero-order chi connectivity index (χ0) is 20.8. The zero-order valence-corrected chi connectivity index (χ0v) is 18.2. The van der Waals surface area contributed by atoms with Crippen molar-refractivity contribution >= 4 is 17.3 Å². The molecule has 2 N–H and O–H groups in total. The van der Waals surface area contributed by atoms with Gasteiger partial charge in [0.15, 0.2) is 16.6 Å². The van der Waals surface area contributed by atoms with Gasteiger partial charge in [0, 0.05) is 13.1 Å². The first-order valence-electron chi connectivity index (χ1n) is 10.5. The molecule has 0 aliphatic carbocycles. The van der Waals surface area contributed by atoms with Crippen molar-refractivity contribution in [2.75, 3.05) is 33.5 Å². The van der Waals surface area contributed by atoms with Gasteiger partial charge in [-0.05, 0) is 73.5 Å². The van der Waals surface area contributed by atoms with Crippen LogP contribution in [0.3, 0.4) is 0 Å². The third kappa shape index (κ3) is 5.15. The molecule has 0 radical (unpaired) electrons. The van der Waals surface area contributed by atoms with Crippen LogP contribution in [0.25, 0.3) is 0 Å². The van der Waals surface area contributed by atoms with E-state index >= 15 is 0 Å². The Balaban J connectivity index is 1.34. The SMILES string of the molecule is COc1ccc([C@H](CNC(=S)NCc2ccc3c(c2)OCO3)N2CCCCC2)cc1. The topological polar surface area (TPSA) is 55.0 Å². The van der Waals surface area contributed by atoms with Crippen LogP contribution in [0.15, 0.2) is 42.5 Å². The Morgan fingerprint density at radius 3 is 2.57 bits per heavy atom. The Labute approximate surface area is 183 Å². The van der Waals surface area contributed by atoms with Crippen molar-refractivity contribution in [1.29, 1.82) is 0 Å². The van der Waals surface area contributed by atoms with Crippen LogP contribution in [-0.2, 0) is 6.54 Å². The van der Waals surface area contributed by atoms with Crippen molar-refractivity contribution < 1.29 is 14.2 Å². The van der Waals surface area contributed by atoms with Crippen LogP contribution in [-0.4, -0.2) is 43.5 Å². The van der Waals surface area contributed by atoms with Gasteiger partial charge in [-0.2, -0.15) is 0 Å². The minimum absolute atomic E-state index is 0.279. The summed E-state index contributed by atoms with van der Waals surface area (Å²) < 4.78 is 16.1. The lowest BCUT2D eigenvalue weighted by Crippen LogP contribution is -2.43. The standard InChI is InChI=1S/C23H29N3O3S/c1-27-19-8-6-18(7-9-19)20(26-11-3-2-4-12-26)15-25-23(30)24-14-17-5-10-21-22(13-17)29-16-28-21/h5-10,13,20H,2-4,11-12,14-16H2,1H3,(H2,24,25,30)/t20-/m0/s1. The Morgan fingerprint density at radius 1 is 1.03 bits per heavy atom. The molecule has 2 aliphatic heterocycles. The number of hydrogen-bond donors (Lipinski definition) is 2. The number of hydrogen-bond acceptors (Lipinski definition) is 5. The predicted molar refractivity (Wildman–Crippen MR) is 121 cm³/mol. The Hall–Kier alpha value is -2.51. The minimum Gasteiger partial charge on any atom is -0.497 e. The molecular weight excluding hydrogens is 398 g/mol. The second kappa shape index (κ2) is 10.00. The number of methoxy groups -OCH3 is 1. The molecule has 4 rings (SSSR count). The lowest BCUT2D eigenvalue weighted by molar-refractivity contribution is 0.164. The van der Waals surface area contributed by atoms with E-state index in [2.05, 4.69) is 27.7 Å². The molecule has 0 unspecified atom stereocenters. The number of piperidine rings is 1. The van der Waals surface area contributed by atoms with Gasteiger partial charge in [0.25, 0.3) is 0 Å². The summed E-state index contributed by atoms with van der Waals surface area (Å²) in [5, 5.41) is 7.38. The maximum Gasteiger partial charge on any atom is 0.231 e. The van der Waals surface area contributed by atoms with E-state index < -0.39 is 0 Å². The van der Waals surface area contributed by atoms with E-state index in [1.165, 1.54) is 24.8 Å². The van der Waals surface area contributed by atoms with Crippen molar-refractivity contribution in [1.82, 2.24) is 15.5 Å². The normalized spacial score (nSPS) is 16.7. The smallest absolute Gasteiger partial charge is 0.231 e. The molecule has 2 aromatic rings. The van der Waals surface area contributed by atoms with Gasteiger partial charge in [0.05, 0.1) is 13.2 Å². The summed E-state index contributed by atoms with van der Waals surface area (Å²) in [4.78, 5) is 2.55. The summed E-state index contributed by atoms with van der Waals surface area (Å²) in [7, 11) is 1.70. The number of thiocarbonyl (C=S) groups is 1. The summed E-state index contributed by atoms with van der Waals surface area (Å²) in [5.41, 5.74) is 2.38. The van der Waals surface area contributed by atoms with E-state index in [4.69, 9.17) is 26.4 Å². The largest absolute Gasteiger partial charge is 0.497 e. The van der Waals surface area contributed by atoms with Crippen molar-refractivity contribution in [3.05, 3.63) is 53.6 Å². The second-order valence-electron chi connectivity index (χ2n) is 7.64. The highest BCUT2D eigenvalue weighted by Gasteiger charge is 2.22. The number of rotatable bonds is 7. The third-order valence-electron chi connectivity index (χ3n) is 5.68. The number of nitrogens with zero attached hydrogens (tertiary/aromatic N) is 1. The van der Waals surface area contributed by atoms with Crippen molar-refractivity contribution in [2.45, 2.75) is 31.8 Å². The number of nitrogens with one attached hydrogen (secondary N) is 2. The molecule has 1 saturated heterocycles. The Bertz CT molecular complexity index is 853. The van der Waals surface area contributed by atoms with Crippen molar-refractivity contribution in [3.8, 4) is 17.2 Å². The first kappa shape index (κ1) is 20.8. The number of likely N-dealkylation sites (tertiary alicyclic amines) is 1. The summed E-state index contributed by atoms with van der Waals surface area (Å²) in [6.45, 7) is 3.93. The summed E-state index contributed by atoms with van der Waals surface area (Å²) in [6, 6.07) is 14.6. The van der Waals surface area contributed by atoms with Gasteiger partial charge in [-0.1, -0.05) is 24.6 Å². The van der Waals surface area contributed by atoms with E-state index in [1.54, 1.807) is 7.11 Å². The number of fused-ring (bicyclic) bond motifs is 1. The van der Waals surface area contributed by atoms with Crippen molar-refractivity contribution in [2.24, 2.45) is 0 Å². The molecular formula is C23H29N3O3S. The lowest BCUT2D eigenvalue weighted by Gasteiger charge is -2.35. The first-order valence-corrected chi connectivity index (χ1v) is 10.9. The molecule has 0 amide bonds. The van der Waals surface area contributed by atoms with E-state index in [1.807, 2.05) is 30.3 Å². The van der Waals surface area contributed by atoms with Gasteiger partial charge in [0.1, 0.15) is 5.75 Å². The summed E-state index contributed by atoms with van der Waals surface area (Å²) in [6.07, 6.45) is 3.81. The molecule has 1 atom stereocenters. The van der Waals surface area contributed by atoms with E-state index in [-0.39, 0.29) is 12.8 Å². The molecule has 0 aromatic heterocycles. The average Bonchev–Trinajstić information content (AvgIpc) is 3.27. The number of ether oxygens (including phenoxy) is 3. The molecule has 0 saturated carbocycles. The Kier molecular flexibility index (Phi) is 6.92. The number of benzene rings is 2. The van der Waals surface area contributed by atoms with Gasteiger partial charge in [0.2, 0.25) is 6.79 Å². The highest BCUT2D eigenvalue weighted by Crippen LogP contribution is 2.32. The fraction of sp³-hybridized carbons (Fsp3) is 0.435. The predicted octanol–water partition coefficient (Wildman–Crippen LogP) is 3.62. The quantitative estimate of drug-likeness (QED) is 0.655. The van der Waals surface area contributed by atoms with Crippen LogP contribution >= 0.6 is 12.2 Å². The molecule has 0 spiro atoms. The molecule has 2 heterocycles. The van der Waals surface area contributed by atoms with Crippen LogP contribution in [0.1, 0.15) is 36.4 Å². The molecule has 2 aromatic carbocycles. The molecule has 1 fully saturated rings. The van der Waals surface area contributed by atoms with Gasteiger partial charge in [-0.3, -0.25) is 4.90 Å². The van der Waals surface area contributed by atoms with E-state index in [9.17, 15) is 0 Å². The molecule has 160 valence electrons. The summed E-state index contributed by atoms with van der Waals surface area (Å²) in [5.74, 6) is 2.46. The highest BCUT2D eigenvalue weighted by molar-refractivity contribution is 7.80. The van der Waals surface area contributed by atoms with Gasteiger partial charge in [-0.25, -0.2) is 0 Å². The van der Waals surface area contributed by atoms with Crippen LogP contribution in [0.4, 0.5) is 0 Å². The van der Waals surface area contributed by atoms with Gasteiger partial charge in [-0.15, -0.1) is 0 Å². The van der Waals surface area contributed by atoms with E-state index in [0.29, 0.717) is 11.7 Å². The lowest BCUT2D eigenvalue weighted by atomic mass is 10.0. The molecule has 6 nitrogen and oxygen atoms in total. The van der Waals surface area contributed by atoms with Gasteiger partial charge < -0.3 is 24.8 Å². The molecule has 0 bridgehead atoms.